The molecule has 16 heavy (non-hydrogen) atoms. The highest BCUT2D eigenvalue weighted by Gasteiger charge is 2.35. The molecule has 3 heteroatoms. The first-order valence-corrected chi connectivity index (χ1v) is 5.76. The maximum atomic E-state index is 5.93. The molecule has 1 unspecified atom stereocenters. The minimum absolute atomic E-state index is 0.0610. The Morgan fingerprint density at radius 1 is 1.44 bits per heavy atom. The van der Waals surface area contributed by atoms with Gasteiger partial charge in [0.2, 0.25) is 5.89 Å². The number of fused-ring (bicyclic) bond motifs is 1. The number of oxazole rings is 1. The maximum absolute atomic E-state index is 5.93. The Morgan fingerprint density at radius 3 is 3.00 bits per heavy atom. The Bertz CT molecular complexity index is 524. The highest BCUT2D eigenvalue weighted by molar-refractivity contribution is 5.76. The summed E-state index contributed by atoms with van der Waals surface area (Å²) in [5.74, 6) is 0.877. The second-order valence-corrected chi connectivity index (χ2v) is 4.93. The number of nitrogens with one attached hydrogen (secondary N) is 1. The monoisotopic (exact) mass is 216 g/mol. The lowest BCUT2D eigenvalue weighted by Gasteiger charge is -2.17. The summed E-state index contributed by atoms with van der Waals surface area (Å²) in [6, 6.07) is 6.10. The van der Waals surface area contributed by atoms with Crippen LogP contribution in [0.3, 0.4) is 0 Å². The van der Waals surface area contributed by atoms with Gasteiger partial charge in [0, 0.05) is 6.54 Å². The lowest BCUT2D eigenvalue weighted by molar-refractivity contribution is 0.382. The van der Waals surface area contributed by atoms with Crippen LogP contribution in [-0.2, 0) is 5.41 Å². The van der Waals surface area contributed by atoms with Crippen LogP contribution in [0.1, 0.15) is 24.8 Å². The van der Waals surface area contributed by atoms with Gasteiger partial charge in [0.1, 0.15) is 5.52 Å². The van der Waals surface area contributed by atoms with E-state index in [1.807, 2.05) is 12.1 Å². The third kappa shape index (κ3) is 1.35. The van der Waals surface area contributed by atoms with E-state index in [9.17, 15) is 0 Å². The molecule has 84 valence electrons. The normalized spacial score (nSPS) is 25.4. The second-order valence-electron chi connectivity index (χ2n) is 4.93. The topological polar surface area (TPSA) is 38.1 Å². The Morgan fingerprint density at radius 2 is 2.31 bits per heavy atom. The molecule has 1 aliphatic heterocycles. The molecule has 1 aromatic carbocycles. The van der Waals surface area contributed by atoms with Gasteiger partial charge in [-0.3, -0.25) is 0 Å². The third-order valence-corrected chi connectivity index (χ3v) is 3.50. The van der Waals surface area contributed by atoms with Crippen LogP contribution in [0.15, 0.2) is 22.6 Å². The maximum Gasteiger partial charge on any atom is 0.202 e. The molecule has 1 aliphatic rings. The van der Waals surface area contributed by atoms with Gasteiger partial charge >= 0.3 is 0 Å². The lowest BCUT2D eigenvalue weighted by Crippen LogP contribution is -2.25. The lowest BCUT2D eigenvalue weighted by atomic mass is 9.90. The number of aromatic nitrogens is 1. The highest BCUT2D eigenvalue weighted by Crippen LogP contribution is 2.32. The molecule has 3 nitrogen and oxygen atoms in total. The van der Waals surface area contributed by atoms with Crippen LogP contribution in [0, 0.1) is 6.92 Å². The fraction of sp³-hybridized carbons (Fsp3) is 0.462. The van der Waals surface area contributed by atoms with Crippen molar-refractivity contribution < 1.29 is 4.42 Å². The Labute approximate surface area is 94.9 Å². The fourth-order valence-electron chi connectivity index (χ4n) is 2.34. The minimum Gasteiger partial charge on any atom is -0.440 e. The van der Waals surface area contributed by atoms with E-state index in [0.29, 0.717) is 0 Å². The quantitative estimate of drug-likeness (QED) is 0.795. The van der Waals surface area contributed by atoms with Gasteiger partial charge in [0.05, 0.1) is 5.41 Å². The Kier molecular flexibility index (Phi) is 2.04. The van der Waals surface area contributed by atoms with Crippen LogP contribution < -0.4 is 5.32 Å². The molecular weight excluding hydrogens is 200 g/mol. The number of aryl methyl sites for hydroxylation is 1. The summed E-state index contributed by atoms with van der Waals surface area (Å²) < 4.78 is 5.93. The summed E-state index contributed by atoms with van der Waals surface area (Å²) in [7, 11) is 0. The van der Waals surface area contributed by atoms with Crippen molar-refractivity contribution in [2.24, 2.45) is 0 Å². The van der Waals surface area contributed by atoms with E-state index >= 15 is 0 Å². The molecule has 0 amide bonds. The van der Waals surface area contributed by atoms with Crippen molar-refractivity contribution in [3.8, 4) is 0 Å². The van der Waals surface area contributed by atoms with Crippen molar-refractivity contribution in [2.45, 2.75) is 25.7 Å². The van der Waals surface area contributed by atoms with Crippen molar-refractivity contribution >= 4 is 11.1 Å². The number of benzene rings is 1. The predicted molar refractivity (Wildman–Crippen MR) is 63.6 cm³/mol. The smallest absolute Gasteiger partial charge is 0.202 e. The van der Waals surface area contributed by atoms with E-state index in [0.717, 1.165) is 42.1 Å². The van der Waals surface area contributed by atoms with Crippen LogP contribution in [0.5, 0.6) is 0 Å². The van der Waals surface area contributed by atoms with Crippen LogP contribution in [0.2, 0.25) is 0 Å². The first-order chi connectivity index (χ1) is 7.69. The molecule has 0 saturated carbocycles. The van der Waals surface area contributed by atoms with Gasteiger partial charge in [-0.1, -0.05) is 12.1 Å². The van der Waals surface area contributed by atoms with E-state index < -0.39 is 0 Å². The van der Waals surface area contributed by atoms with Gasteiger partial charge in [-0.25, -0.2) is 4.98 Å². The van der Waals surface area contributed by atoms with E-state index in [4.69, 9.17) is 4.42 Å². The van der Waals surface area contributed by atoms with Crippen molar-refractivity contribution in [3.05, 3.63) is 29.7 Å². The average Bonchev–Trinajstić information content (AvgIpc) is 2.85. The van der Waals surface area contributed by atoms with Gasteiger partial charge in [0.25, 0.3) is 0 Å². The molecule has 1 saturated heterocycles. The van der Waals surface area contributed by atoms with Crippen LogP contribution in [0.25, 0.3) is 11.1 Å². The van der Waals surface area contributed by atoms with Crippen LogP contribution in [0.4, 0.5) is 0 Å². The first kappa shape index (κ1) is 9.85. The van der Waals surface area contributed by atoms with Gasteiger partial charge in [-0.05, 0) is 38.4 Å². The molecule has 1 fully saturated rings. The van der Waals surface area contributed by atoms with Crippen molar-refractivity contribution in [1.29, 1.82) is 0 Å². The van der Waals surface area contributed by atoms with Crippen molar-refractivity contribution in [3.63, 3.8) is 0 Å². The summed E-state index contributed by atoms with van der Waals surface area (Å²) in [5.41, 5.74) is 3.13. The van der Waals surface area contributed by atoms with Gasteiger partial charge in [0.15, 0.2) is 5.58 Å². The molecule has 1 atom stereocenters. The zero-order valence-corrected chi connectivity index (χ0v) is 9.71. The number of hydrogen-bond donors (Lipinski definition) is 1. The molecule has 2 heterocycles. The standard InChI is InChI=1S/C13H16N2O/c1-9-4-3-5-10-11(9)16-12(15-10)13(2)6-7-14-8-13/h3-5,14H,6-8H2,1-2H3. The van der Waals surface area contributed by atoms with Crippen LogP contribution >= 0.6 is 0 Å². The van der Waals surface area contributed by atoms with Gasteiger partial charge < -0.3 is 9.73 Å². The summed E-state index contributed by atoms with van der Waals surface area (Å²) in [6.07, 6.45) is 1.10. The van der Waals surface area contributed by atoms with E-state index in [1.54, 1.807) is 0 Å². The molecule has 1 aromatic heterocycles. The Hall–Kier alpha value is -1.35. The highest BCUT2D eigenvalue weighted by atomic mass is 16.3. The molecule has 3 rings (SSSR count). The zero-order valence-electron chi connectivity index (χ0n) is 9.71. The van der Waals surface area contributed by atoms with Crippen molar-refractivity contribution in [2.75, 3.05) is 13.1 Å². The zero-order chi connectivity index (χ0) is 11.2. The molecule has 0 aliphatic carbocycles. The summed E-state index contributed by atoms with van der Waals surface area (Å²) in [6.45, 7) is 6.28. The molecule has 0 bridgehead atoms. The van der Waals surface area contributed by atoms with Gasteiger partial charge in [-0.15, -0.1) is 0 Å². The molecule has 0 spiro atoms. The summed E-state index contributed by atoms with van der Waals surface area (Å²) in [5, 5.41) is 3.37. The molecule has 0 radical (unpaired) electrons. The van der Waals surface area contributed by atoms with Crippen molar-refractivity contribution in [1.82, 2.24) is 10.3 Å². The third-order valence-electron chi connectivity index (χ3n) is 3.50. The SMILES string of the molecule is Cc1cccc2nc(C3(C)CCNC3)oc12. The number of hydrogen-bond acceptors (Lipinski definition) is 3. The summed E-state index contributed by atoms with van der Waals surface area (Å²) >= 11 is 0. The van der Waals surface area contributed by atoms with E-state index in [2.05, 4.69) is 30.2 Å². The van der Waals surface area contributed by atoms with E-state index in [-0.39, 0.29) is 5.41 Å². The predicted octanol–water partition coefficient (Wildman–Crippen LogP) is 2.39. The average molecular weight is 216 g/mol. The number of rotatable bonds is 1. The van der Waals surface area contributed by atoms with E-state index in [1.165, 1.54) is 0 Å². The Balaban J connectivity index is 2.15. The molecular formula is C13H16N2O. The fourth-order valence-corrected chi connectivity index (χ4v) is 2.34. The van der Waals surface area contributed by atoms with Crippen LogP contribution in [-0.4, -0.2) is 18.1 Å². The van der Waals surface area contributed by atoms with Gasteiger partial charge in [-0.2, -0.15) is 0 Å². The first-order valence-electron chi connectivity index (χ1n) is 5.76. The molecule has 2 aromatic rings. The second kappa shape index (κ2) is 3.32. The largest absolute Gasteiger partial charge is 0.440 e. The minimum atomic E-state index is 0.0610. The number of nitrogens with zero attached hydrogens (tertiary/aromatic N) is 1. The number of para-hydroxylation sites is 1. The molecule has 1 N–H and O–H groups in total. The summed E-state index contributed by atoms with van der Waals surface area (Å²) in [4.78, 5) is 4.62.